The van der Waals surface area contributed by atoms with Gasteiger partial charge in [-0.3, -0.25) is 4.99 Å². The normalized spacial score (nSPS) is 12.8. The lowest BCUT2D eigenvalue weighted by molar-refractivity contribution is 0.281. The second kappa shape index (κ2) is 9.27. The Hall–Kier alpha value is -2.50. The molecule has 0 amide bonds. The Labute approximate surface area is 156 Å². The second-order valence-corrected chi connectivity index (χ2v) is 6.65. The van der Waals surface area contributed by atoms with Crippen LogP contribution in [0.25, 0.3) is 0 Å². The van der Waals surface area contributed by atoms with Gasteiger partial charge in [-0.25, -0.2) is 0 Å². The van der Waals surface area contributed by atoms with Gasteiger partial charge in [0.25, 0.3) is 0 Å². The van der Waals surface area contributed by atoms with E-state index >= 15 is 0 Å². The number of aliphatic imine (C=N–C) groups is 1. The first-order valence-corrected chi connectivity index (χ1v) is 8.96. The van der Waals surface area contributed by atoms with E-state index in [9.17, 15) is 0 Å². The maximum absolute atomic E-state index is 5.80. The molecule has 2 aromatic rings. The van der Waals surface area contributed by atoms with Crippen molar-refractivity contribution in [3.8, 4) is 5.75 Å². The van der Waals surface area contributed by atoms with Crippen LogP contribution >= 0.6 is 0 Å². The van der Waals surface area contributed by atoms with E-state index in [2.05, 4.69) is 46.3 Å². The molecular weight excluding hydrogens is 328 g/mol. The van der Waals surface area contributed by atoms with Crippen LogP contribution in [0, 0.1) is 20.8 Å². The van der Waals surface area contributed by atoms with Gasteiger partial charge in [-0.05, 0) is 32.9 Å². The van der Waals surface area contributed by atoms with Crippen molar-refractivity contribution in [3.63, 3.8) is 0 Å². The van der Waals surface area contributed by atoms with E-state index in [0.717, 1.165) is 36.3 Å². The maximum atomic E-state index is 5.80. The summed E-state index contributed by atoms with van der Waals surface area (Å²) in [5.41, 5.74) is 3.34. The number of aromatic nitrogens is 1. The zero-order valence-electron chi connectivity index (χ0n) is 16.7. The van der Waals surface area contributed by atoms with Gasteiger partial charge in [0.05, 0.1) is 12.2 Å². The van der Waals surface area contributed by atoms with Crippen LogP contribution < -0.4 is 10.1 Å². The van der Waals surface area contributed by atoms with Gasteiger partial charge in [0.2, 0.25) is 0 Å². The number of guanidine groups is 1. The fourth-order valence-corrected chi connectivity index (χ4v) is 2.97. The van der Waals surface area contributed by atoms with E-state index in [-0.39, 0.29) is 5.92 Å². The third-order valence-electron chi connectivity index (χ3n) is 4.44. The molecule has 1 atom stereocenters. The molecule has 0 aliphatic heterocycles. The van der Waals surface area contributed by atoms with Gasteiger partial charge in [0, 0.05) is 32.1 Å². The summed E-state index contributed by atoms with van der Waals surface area (Å²) in [6.07, 6.45) is 0. The molecule has 1 N–H and O–H groups in total. The van der Waals surface area contributed by atoms with Crippen LogP contribution in [0.2, 0.25) is 0 Å². The fraction of sp³-hybridized carbons (Fsp3) is 0.500. The van der Waals surface area contributed by atoms with E-state index < -0.39 is 0 Å². The Balaban J connectivity index is 1.81. The van der Waals surface area contributed by atoms with Crippen molar-refractivity contribution in [2.75, 3.05) is 33.8 Å². The number of likely N-dealkylation sites (N-methyl/N-ethyl adjacent to an activating group) is 1. The lowest BCUT2D eigenvalue weighted by atomic mass is 10.00. The van der Waals surface area contributed by atoms with Gasteiger partial charge in [0.1, 0.15) is 18.1 Å². The number of benzene rings is 1. The topological polar surface area (TPSA) is 62.9 Å². The molecule has 0 spiro atoms. The summed E-state index contributed by atoms with van der Waals surface area (Å²) in [4.78, 5) is 6.42. The number of nitrogens with one attached hydrogen (secondary N) is 1. The minimum Gasteiger partial charge on any atom is -0.492 e. The minimum absolute atomic E-state index is 0.287. The molecule has 1 aromatic carbocycles. The number of ether oxygens (including phenoxy) is 1. The van der Waals surface area contributed by atoms with Crippen molar-refractivity contribution in [2.45, 2.75) is 33.6 Å². The Kier molecular flexibility index (Phi) is 7.06. The van der Waals surface area contributed by atoms with Gasteiger partial charge in [-0.15, -0.1) is 0 Å². The SMILES string of the molecule is CN=C(NCC(C)c1c(C)noc1C)N(C)CCOc1ccc(C)cc1. The molecule has 0 saturated carbocycles. The van der Waals surface area contributed by atoms with E-state index in [1.807, 2.05) is 33.0 Å². The van der Waals surface area contributed by atoms with Crippen molar-refractivity contribution in [1.29, 1.82) is 0 Å². The highest BCUT2D eigenvalue weighted by atomic mass is 16.5. The number of nitrogens with zero attached hydrogens (tertiary/aromatic N) is 3. The third-order valence-corrected chi connectivity index (χ3v) is 4.44. The molecular formula is C20H30N4O2. The largest absolute Gasteiger partial charge is 0.492 e. The molecule has 26 heavy (non-hydrogen) atoms. The highest BCUT2D eigenvalue weighted by Crippen LogP contribution is 2.22. The summed E-state index contributed by atoms with van der Waals surface area (Å²) < 4.78 is 11.1. The summed E-state index contributed by atoms with van der Waals surface area (Å²) >= 11 is 0. The summed E-state index contributed by atoms with van der Waals surface area (Å²) in [6.45, 7) is 10.3. The molecule has 2 rings (SSSR count). The number of aryl methyl sites for hydroxylation is 3. The zero-order chi connectivity index (χ0) is 19.1. The zero-order valence-corrected chi connectivity index (χ0v) is 16.7. The number of rotatable bonds is 7. The van der Waals surface area contributed by atoms with Crippen LogP contribution in [0.5, 0.6) is 5.75 Å². The quantitative estimate of drug-likeness (QED) is 0.608. The number of hydrogen-bond acceptors (Lipinski definition) is 4. The Bertz CT molecular complexity index is 702. The molecule has 0 aliphatic rings. The van der Waals surface area contributed by atoms with E-state index in [4.69, 9.17) is 9.26 Å². The molecule has 0 saturated heterocycles. The molecule has 0 fully saturated rings. The van der Waals surface area contributed by atoms with Gasteiger partial charge in [-0.2, -0.15) is 0 Å². The van der Waals surface area contributed by atoms with Crippen molar-refractivity contribution in [1.82, 2.24) is 15.4 Å². The Morgan fingerprint density at radius 3 is 2.54 bits per heavy atom. The van der Waals surface area contributed by atoms with E-state index in [0.29, 0.717) is 6.61 Å². The summed E-state index contributed by atoms with van der Waals surface area (Å²) in [5, 5.41) is 7.45. The predicted octanol–water partition coefficient (Wildman–Crippen LogP) is 3.29. The lowest BCUT2D eigenvalue weighted by Crippen LogP contribution is -2.42. The molecule has 0 radical (unpaired) electrons. The Morgan fingerprint density at radius 1 is 1.27 bits per heavy atom. The smallest absolute Gasteiger partial charge is 0.193 e. The first-order valence-electron chi connectivity index (χ1n) is 8.96. The molecule has 142 valence electrons. The monoisotopic (exact) mass is 358 g/mol. The summed E-state index contributed by atoms with van der Waals surface area (Å²) in [5.74, 6) is 2.90. The second-order valence-electron chi connectivity index (χ2n) is 6.65. The highest BCUT2D eigenvalue weighted by molar-refractivity contribution is 5.79. The third kappa shape index (κ3) is 5.25. The van der Waals surface area contributed by atoms with Crippen LogP contribution in [0.15, 0.2) is 33.8 Å². The predicted molar refractivity (Wildman–Crippen MR) is 105 cm³/mol. The fourth-order valence-electron chi connectivity index (χ4n) is 2.97. The van der Waals surface area contributed by atoms with Crippen molar-refractivity contribution in [3.05, 3.63) is 46.8 Å². The van der Waals surface area contributed by atoms with Crippen LogP contribution in [-0.2, 0) is 0 Å². The molecule has 1 unspecified atom stereocenters. The molecule has 1 aromatic heterocycles. The van der Waals surface area contributed by atoms with Crippen LogP contribution in [-0.4, -0.2) is 49.8 Å². The molecule has 0 bridgehead atoms. The molecule has 6 heteroatoms. The van der Waals surface area contributed by atoms with Gasteiger partial charge in [-0.1, -0.05) is 29.8 Å². The number of hydrogen-bond donors (Lipinski definition) is 1. The summed E-state index contributed by atoms with van der Waals surface area (Å²) in [6, 6.07) is 8.09. The summed E-state index contributed by atoms with van der Waals surface area (Å²) in [7, 11) is 3.80. The van der Waals surface area contributed by atoms with Crippen molar-refractivity contribution in [2.24, 2.45) is 4.99 Å². The van der Waals surface area contributed by atoms with Gasteiger partial charge in [0.15, 0.2) is 5.96 Å². The van der Waals surface area contributed by atoms with Crippen LogP contribution in [0.4, 0.5) is 0 Å². The standard InChI is InChI=1S/C20H30N4O2/c1-14-7-9-18(10-8-14)25-12-11-24(6)20(21-5)22-13-15(2)19-16(3)23-26-17(19)4/h7-10,15H,11-13H2,1-6H3,(H,21,22). The van der Waals surface area contributed by atoms with Gasteiger partial charge < -0.3 is 19.5 Å². The molecule has 6 nitrogen and oxygen atoms in total. The molecule has 1 heterocycles. The van der Waals surface area contributed by atoms with E-state index in [1.54, 1.807) is 7.05 Å². The first kappa shape index (κ1) is 19.8. The lowest BCUT2D eigenvalue weighted by Gasteiger charge is -2.23. The van der Waals surface area contributed by atoms with Crippen molar-refractivity contribution >= 4 is 5.96 Å². The minimum atomic E-state index is 0.287. The first-order chi connectivity index (χ1) is 12.4. The average molecular weight is 358 g/mol. The maximum Gasteiger partial charge on any atom is 0.193 e. The van der Waals surface area contributed by atoms with Crippen LogP contribution in [0.3, 0.4) is 0 Å². The van der Waals surface area contributed by atoms with E-state index in [1.165, 1.54) is 11.1 Å². The molecule has 0 aliphatic carbocycles. The Morgan fingerprint density at radius 2 is 1.96 bits per heavy atom. The van der Waals surface area contributed by atoms with Gasteiger partial charge >= 0.3 is 0 Å². The van der Waals surface area contributed by atoms with Crippen LogP contribution in [0.1, 0.15) is 35.4 Å². The average Bonchev–Trinajstić information content (AvgIpc) is 2.95. The highest BCUT2D eigenvalue weighted by Gasteiger charge is 2.17. The van der Waals surface area contributed by atoms with Crippen molar-refractivity contribution < 1.29 is 9.26 Å².